The molecule has 28 heavy (non-hydrogen) atoms. The summed E-state index contributed by atoms with van der Waals surface area (Å²) in [4.78, 5) is 14.1. The highest BCUT2D eigenvalue weighted by molar-refractivity contribution is 7.09. The summed E-state index contributed by atoms with van der Waals surface area (Å²) in [6.45, 7) is 6.42. The quantitative estimate of drug-likeness (QED) is 0.572. The lowest BCUT2D eigenvalue weighted by Crippen LogP contribution is -2.18. The number of carbonyl (C=O) groups is 1. The van der Waals surface area contributed by atoms with Crippen molar-refractivity contribution in [2.24, 2.45) is 10.2 Å². The van der Waals surface area contributed by atoms with E-state index in [0.29, 0.717) is 11.3 Å². The van der Waals surface area contributed by atoms with Crippen LogP contribution in [0.5, 0.6) is 0 Å². The van der Waals surface area contributed by atoms with Gasteiger partial charge in [-0.1, -0.05) is 65.9 Å². The van der Waals surface area contributed by atoms with Gasteiger partial charge in [0.2, 0.25) is 4.80 Å². The maximum Gasteiger partial charge on any atom is 0.211 e. The van der Waals surface area contributed by atoms with Crippen molar-refractivity contribution >= 4 is 22.8 Å². The molecule has 0 fully saturated rings. The molecule has 1 aliphatic rings. The number of rotatable bonds is 3. The van der Waals surface area contributed by atoms with E-state index in [4.69, 9.17) is 0 Å². The molecule has 0 radical (unpaired) electrons. The van der Waals surface area contributed by atoms with E-state index >= 15 is 0 Å². The number of ketones is 1. The molecule has 1 aromatic heterocycles. The molecular formula is C23H21N3OS. The molecule has 140 valence electrons. The Bertz CT molecular complexity index is 1160. The SMILES string of the molecule is Cc1s/c(=N/N=C2/C=CC(=O)c3ccccc32)n(C(C)C)c1-c1ccccc1. The Morgan fingerprint density at radius 3 is 2.29 bits per heavy atom. The van der Waals surface area contributed by atoms with Crippen molar-refractivity contribution in [2.75, 3.05) is 0 Å². The maximum atomic E-state index is 12.1. The van der Waals surface area contributed by atoms with Crippen LogP contribution in [0.25, 0.3) is 11.3 Å². The minimum Gasteiger partial charge on any atom is -0.312 e. The van der Waals surface area contributed by atoms with Gasteiger partial charge in [-0.2, -0.15) is 0 Å². The lowest BCUT2D eigenvalue weighted by molar-refractivity contribution is 0.104. The van der Waals surface area contributed by atoms with Crippen LogP contribution in [0, 0.1) is 6.92 Å². The third-order valence-corrected chi connectivity index (χ3v) is 5.65. The Labute approximate surface area is 168 Å². The van der Waals surface area contributed by atoms with Gasteiger partial charge in [0.15, 0.2) is 5.78 Å². The van der Waals surface area contributed by atoms with Crippen molar-refractivity contribution in [1.29, 1.82) is 0 Å². The number of aryl methyl sites for hydroxylation is 1. The first-order chi connectivity index (χ1) is 13.6. The van der Waals surface area contributed by atoms with E-state index in [0.717, 1.165) is 10.4 Å². The summed E-state index contributed by atoms with van der Waals surface area (Å²) in [5, 5.41) is 9.10. The second-order valence-corrected chi connectivity index (χ2v) is 8.13. The van der Waals surface area contributed by atoms with Crippen LogP contribution in [0.1, 0.15) is 40.7 Å². The molecular weight excluding hydrogens is 366 g/mol. The largest absolute Gasteiger partial charge is 0.312 e. The zero-order valence-electron chi connectivity index (χ0n) is 16.1. The Morgan fingerprint density at radius 1 is 0.893 bits per heavy atom. The molecule has 0 N–H and O–H groups in total. The van der Waals surface area contributed by atoms with Crippen molar-refractivity contribution in [1.82, 2.24) is 4.57 Å². The summed E-state index contributed by atoms with van der Waals surface area (Å²) in [7, 11) is 0. The van der Waals surface area contributed by atoms with Gasteiger partial charge in [-0.05, 0) is 38.5 Å². The highest BCUT2D eigenvalue weighted by atomic mass is 32.1. The van der Waals surface area contributed by atoms with Crippen molar-refractivity contribution in [2.45, 2.75) is 26.8 Å². The maximum absolute atomic E-state index is 12.1. The minimum atomic E-state index is 0.00475. The Hall–Kier alpha value is -3.05. The second-order valence-electron chi connectivity index (χ2n) is 6.95. The molecule has 4 nitrogen and oxygen atoms in total. The first kappa shape index (κ1) is 18.3. The highest BCUT2D eigenvalue weighted by Crippen LogP contribution is 2.27. The zero-order valence-corrected chi connectivity index (χ0v) is 16.9. The molecule has 0 aliphatic heterocycles. The summed E-state index contributed by atoms with van der Waals surface area (Å²) < 4.78 is 2.23. The van der Waals surface area contributed by atoms with Crippen LogP contribution in [-0.2, 0) is 0 Å². The Kier molecular flexibility index (Phi) is 4.92. The lowest BCUT2D eigenvalue weighted by atomic mass is 9.94. The topological polar surface area (TPSA) is 46.7 Å². The number of fused-ring (bicyclic) bond motifs is 1. The molecule has 4 rings (SSSR count). The number of thiazole rings is 1. The average Bonchev–Trinajstić information content (AvgIpc) is 3.05. The summed E-state index contributed by atoms with van der Waals surface area (Å²) in [5.41, 5.74) is 4.55. The van der Waals surface area contributed by atoms with Crippen LogP contribution in [0.15, 0.2) is 77.0 Å². The first-order valence-electron chi connectivity index (χ1n) is 9.27. The van der Waals surface area contributed by atoms with E-state index in [1.54, 1.807) is 23.5 Å². The summed E-state index contributed by atoms with van der Waals surface area (Å²) in [6.07, 6.45) is 3.30. The summed E-state index contributed by atoms with van der Waals surface area (Å²) in [5.74, 6) is 0.00475. The average molecular weight is 388 g/mol. The van der Waals surface area contributed by atoms with E-state index < -0.39 is 0 Å². The monoisotopic (exact) mass is 387 g/mol. The second kappa shape index (κ2) is 7.52. The number of allylic oxidation sites excluding steroid dienone is 2. The molecule has 0 bridgehead atoms. The molecule has 5 heteroatoms. The molecule has 0 atom stereocenters. The van der Waals surface area contributed by atoms with Gasteiger partial charge in [0, 0.05) is 22.0 Å². The van der Waals surface area contributed by atoms with Crippen molar-refractivity contribution in [3.05, 3.63) is 87.6 Å². The summed E-state index contributed by atoms with van der Waals surface area (Å²) >= 11 is 1.63. The zero-order chi connectivity index (χ0) is 19.7. The molecule has 0 saturated carbocycles. The van der Waals surface area contributed by atoms with Gasteiger partial charge >= 0.3 is 0 Å². The molecule has 1 heterocycles. The smallest absolute Gasteiger partial charge is 0.211 e. The van der Waals surface area contributed by atoms with Gasteiger partial charge in [-0.25, -0.2) is 0 Å². The number of carbonyl (C=O) groups excluding carboxylic acids is 1. The van der Waals surface area contributed by atoms with Gasteiger partial charge in [-0.15, -0.1) is 10.2 Å². The fourth-order valence-corrected chi connectivity index (χ4v) is 4.49. The number of benzene rings is 2. The fraction of sp³-hybridized carbons (Fsp3) is 0.174. The van der Waals surface area contributed by atoms with Crippen LogP contribution < -0.4 is 4.80 Å². The van der Waals surface area contributed by atoms with Crippen molar-refractivity contribution in [3.63, 3.8) is 0 Å². The van der Waals surface area contributed by atoms with E-state index in [2.05, 4.69) is 59.8 Å². The van der Waals surface area contributed by atoms with Crippen LogP contribution >= 0.6 is 11.3 Å². The highest BCUT2D eigenvalue weighted by Gasteiger charge is 2.17. The summed E-state index contributed by atoms with van der Waals surface area (Å²) in [6, 6.07) is 18.1. The number of aromatic nitrogens is 1. The lowest BCUT2D eigenvalue weighted by Gasteiger charge is -2.13. The van der Waals surface area contributed by atoms with Crippen LogP contribution in [0.3, 0.4) is 0 Å². The Balaban J connectivity index is 1.87. The normalized spacial score (nSPS) is 15.5. The molecule has 3 aromatic rings. The fourth-order valence-electron chi connectivity index (χ4n) is 3.43. The number of hydrogen-bond acceptors (Lipinski definition) is 4. The standard InChI is InChI=1S/C23H21N3OS/c1-15(2)26-22(17-9-5-4-6-10-17)16(3)28-23(26)25-24-20-13-14-21(27)19-12-8-7-11-18(19)20/h4-15H,1-3H3/b24-20-,25-23+. The Morgan fingerprint density at radius 2 is 1.57 bits per heavy atom. The minimum absolute atomic E-state index is 0.00475. The molecule has 0 amide bonds. The van der Waals surface area contributed by atoms with E-state index in [1.807, 2.05) is 30.3 Å². The molecule has 0 saturated heterocycles. The molecule has 0 unspecified atom stereocenters. The van der Waals surface area contributed by atoms with Gasteiger partial charge in [-0.3, -0.25) is 4.79 Å². The van der Waals surface area contributed by atoms with Gasteiger partial charge in [0.25, 0.3) is 0 Å². The van der Waals surface area contributed by atoms with Gasteiger partial charge in [0.1, 0.15) is 0 Å². The van der Waals surface area contributed by atoms with Crippen LogP contribution in [0.2, 0.25) is 0 Å². The van der Waals surface area contributed by atoms with Crippen LogP contribution in [0.4, 0.5) is 0 Å². The van der Waals surface area contributed by atoms with E-state index in [9.17, 15) is 4.79 Å². The number of hydrogen-bond donors (Lipinski definition) is 0. The van der Waals surface area contributed by atoms with Crippen molar-refractivity contribution in [3.8, 4) is 11.3 Å². The predicted octanol–water partition coefficient (Wildman–Crippen LogP) is 5.16. The van der Waals surface area contributed by atoms with Gasteiger partial charge in [0.05, 0.1) is 11.4 Å². The van der Waals surface area contributed by atoms with E-state index in [-0.39, 0.29) is 11.8 Å². The third kappa shape index (κ3) is 3.29. The molecule has 0 spiro atoms. The van der Waals surface area contributed by atoms with Crippen LogP contribution in [-0.4, -0.2) is 16.1 Å². The first-order valence-corrected chi connectivity index (χ1v) is 10.1. The van der Waals surface area contributed by atoms with Crippen molar-refractivity contribution < 1.29 is 4.79 Å². The third-order valence-electron chi connectivity index (χ3n) is 4.69. The van der Waals surface area contributed by atoms with E-state index in [1.165, 1.54) is 16.1 Å². The molecule has 2 aromatic carbocycles. The number of nitrogens with zero attached hydrogens (tertiary/aromatic N) is 3. The predicted molar refractivity (Wildman–Crippen MR) is 115 cm³/mol. The van der Waals surface area contributed by atoms with Gasteiger partial charge < -0.3 is 4.57 Å². The molecule has 1 aliphatic carbocycles.